The molecule has 154 valence electrons. The predicted molar refractivity (Wildman–Crippen MR) is 110 cm³/mol. The van der Waals surface area contributed by atoms with Crippen LogP contribution in [0.15, 0.2) is 6.07 Å². The Hall–Kier alpha value is -1.64. The van der Waals surface area contributed by atoms with Crippen molar-refractivity contribution >= 4 is 21.9 Å². The lowest BCUT2D eigenvalue weighted by molar-refractivity contribution is 0.104. The molecule has 28 heavy (non-hydrogen) atoms. The number of hydrogen-bond donors (Lipinski definition) is 2. The molecule has 1 aromatic rings. The second-order valence-corrected chi connectivity index (χ2v) is 10.1. The summed E-state index contributed by atoms with van der Waals surface area (Å²) >= 11 is 0. The lowest BCUT2D eigenvalue weighted by atomic mass is 9.99. The van der Waals surface area contributed by atoms with Crippen LogP contribution < -0.4 is 10.0 Å². The summed E-state index contributed by atoms with van der Waals surface area (Å²) in [5.41, 5.74) is 5.85. The molecule has 8 heteroatoms. The van der Waals surface area contributed by atoms with Gasteiger partial charge in [0.15, 0.2) is 0 Å². The highest BCUT2D eigenvalue weighted by Crippen LogP contribution is 2.38. The van der Waals surface area contributed by atoms with Crippen LogP contribution in [0.1, 0.15) is 48.9 Å². The second kappa shape index (κ2) is 7.31. The normalized spacial score (nSPS) is 25.4. The fraction of sp³-hybridized carbons (Fsp3) is 0.650. The predicted octanol–water partition coefficient (Wildman–Crippen LogP) is 2.05. The van der Waals surface area contributed by atoms with Gasteiger partial charge in [-0.15, -0.1) is 0 Å². The van der Waals surface area contributed by atoms with Crippen LogP contribution >= 0.6 is 0 Å². The van der Waals surface area contributed by atoms with E-state index in [1.807, 2.05) is 20.9 Å². The summed E-state index contributed by atoms with van der Waals surface area (Å²) in [5, 5.41) is 2.90. The number of benzene rings is 1. The van der Waals surface area contributed by atoms with Crippen LogP contribution in [0.25, 0.3) is 0 Å². The van der Waals surface area contributed by atoms with Gasteiger partial charge >= 0.3 is 16.2 Å². The Balaban J connectivity index is 1.51. The van der Waals surface area contributed by atoms with Crippen molar-refractivity contribution in [2.45, 2.75) is 64.5 Å². The van der Waals surface area contributed by atoms with Gasteiger partial charge in [0.1, 0.15) is 0 Å². The van der Waals surface area contributed by atoms with Crippen molar-refractivity contribution in [2.24, 2.45) is 0 Å². The molecule has 0 radical (unpaired) electrons. The summed E-state index contributed by atoms with van der Waals surface area (Å²) in [4.78, 5) is 14.8. The molecule has 0 bridgehead atoms. The molecule has 1 heterocycles. The Morgan fingerprint density at radius 3 is 2.07 bits per heavy atom. The maximum atomic E-state index is 12.8. The van der Waals surface area contributed by atoms with Crippen molar-refractivity contribution < 1.29 is 13.2 Å². The largest absolute Gasteiger partial charge is 0.333 e. The molecule has 3 aliphatic rings. The smallest absolute Gasteiger partial charge is 0.307 e. The van der Waals surface area contributed by atoms with Crippen LogP contribution in [0.3, 0.4) is 0 Å². The highest BCUT2D eigenvalue weighted by Gasteiger charge is 2.35. The average molecular weight is 407 g/mol. The Kier molecular flexibility index (Phi) is 5.14. The summed E-state index contributed by atoms with van der Waals surface area (Å²) in [6.45, 7) is 4.74. The van der Waals surface area contributed by atoms with Gasteiger partial charge in [0, 0.05) is 30.9 Å². The van der Waals surface area contributed by atoms with Crippen LogP contribution in [0.5, 0.6) is 0 Å². The molecule has 1 aliphatic heterocycles. The molecule has 1 aromatic carbocycles. The van der Waals surface area contributed by atoms with E-state index in [2.05, 4.69) is 21.0 Å². The molecule has 2 atom stereocenters. The number of carbonyl (C=O) groups is 1. The monoisotopic (exact) mass is 406 g/mol. The second-order valence-electron chi connectivity index (χ2n) is 8.48. The molecular weight excluding hydrogens is 376 g/mol. The number of nitrogens with one attached hydrogen (secondary N) is 2. The van der Waals surface area contributed by atoms with Gasteiger partial charge in [-0.1, -0.05) is 6.07 Å². The van der Waals surface area contributed by atoms with E-state index in [1.165, 1.54) is 26.6 Å². The number of urea groups is 1. The van der Waals surface area contributed by atoms with Crippen molar-refractivity contribution in [1.29, 1.82) is 0 Å². The number of aryl methyl sites for hydroxylation is 2. The Morgan fingerprint density at radius 1 is 1.00 bits per heavy atom. The maximum absolute atomic E-state index is 12.8. The average Bonchev–Trinajstić information content (AvgIpc) is 3.27. The Morgan fingerprint density at radius 2 is 1.54 bits per heavy atom. The molecule has 7 nitrogen and oxygen atoms in total. The van der Waals surface area contributed by atoms with Crippen LogP contribution in [0.2, 0.25) is 0 Å². The Bertz CT molecular complexity index is 855. The van der Waals surface area contributed by atoms with Crippen LogP contribution in [-0.4, -0.2) is 55.9 Å². The molecule has 4 rings (SSSR count). The lowest BCUT2D eigenvalue weighted by Gasteiger charge is -2.41. The maximum Gasteiger partial charge on any atom is 0.333 e. The molecule has 0 saturated carbocycles. The first-order valence-corrected chi connectivity index (χ1v) is 11.7. The summed E-state index contributed by atoms with van der Waals surface area (Å²) in [6.07, 6.45) is 6.13. The number of fused-ring (bicyclic) bond motifs is 2. The van der Waals surface area contributed by atoms with E-state index in [4.69, 9.17) is 0 Å². The number of carbonyl (C=O) groups excluding carboxylic acids is 1. The standard InChI is InChI=1S/C20H30N4O3S/c1-13-11-24(12-14(2)23(13)3)28(26,27)22-20(25)21-19-17-8-4-6-15(17)10-16-7-5-9-18(16)19/h10,13-14H,4-9,11-12H2,1-3H3,(H2,21,22,25). The van der Waals surface area contributed by atoms with Gasteiger partial charge in [0.05, 0.1) is 0 Å². The third-order valence-corrected chi connectivity index (χ3v) is 8.02. The first-order chi connectivity index (χ1) is 13.3. The highest BCUT2D eigenvalue weighted by atomic mass is 32.2. The third kappa shape index (κ3) is 3.53. The quantitative estimate of drug-likeness (QED) is 0.805. The van der Waals surface area contributed by atoms with E-state index < -0.39 is 16.2 Å². The molecule has 2 N–H and O–H groups in total. The van der Waals surface area contributed by atoms with Gasteiger partial charge in [-0.3, -0.25) is 4.90 Å². The SMILES string of the molecule is CC1CN(S(=O)(=O)NC(=O)Nc2c3c(cc4c2CCC4)CCC3)CC(C)N1C. The van der Waals surface area contributed by atoms with E-state index in [-0.39, 0.29) is 12.1 Å². The zero-order chi connectivity index (χ0) is 20.1. The van der Waals surface area contributed by atoms with Gasteiger partial charge in [0.2, 0.25) is 0 Å². The fourth-order valence-electron chi connectivity index (χ4n) is 4.84. The first kappa shape index (κ1) is 19.7. The number of amides is 2. The number of likely N-dealkylation sites (N-methyl/N-ethyl adjacent to an activating group) is 1. The zero-order valence-electron chi connectivity index (χ0n) is 16.9. The molecular formula is C20H30N4O3S. The molecule has 0 spiro atoms. The van der Waals surface area contributed by atoms with E-state index >= 15 is 0 Å². The zero-order valence-corrected chi connectivity index (χ0v) is 17.7. The van der Waals surface area contributed by atoms with E-state index in [1.54, 1.807) is 0 Å². The molecule has 0 aromatic heterocycles. The van der Waals surface area contributed by atoms with Crippen molar-refractivity contribution in [3.8, 4) is 0 Å². The van der Waals surface area contributed by atoms with Crippen molar-refractivity contribution in [2.75, 3.05) is 25.5 Å². The topological polar surface area (TPSA) is 81.8 Å². The van der Waals surface area contributed by atoms with Gasteiger partial charge < -0.3 is 5.32 Å². The minimum absolute atomic E-state index is 0.101. The number of piperazine rings is 1. The van der Waals surface area contributed by atoms with E-state index in [0.29, 0.717) is 13.1 Å². The van der Waals surface area contributed by atoms with Crippen molar-refractivity contribution in [3.63, 3.8) is 0 Å². The lowest BCUT2D eigenvalue weighted by Crippen LogP contribution is -2.59. The van der Waals surface area contributed by atoms with Gasteiger partial charge in [-0.25, -0.2) is 9.52 Å². The molecule has 2 unspecified atom stereocenters. The van der Waals surface area contributed by atoms with E-state index in [0.717, 1.165) is 44.2 Å². The van der Waals surface area contributed by atoms with Crippen LogP contribution in [0.4, 0.5) is 10.5 Å². The summed E-state index contributed by atoms with van der Waals surface area (Å²) in [5.74, 6) is 0. The number of anilines is 1. The molecule has 1 fully saturated rings. The van der Waals surface area contributed by atoms with Crippen LogP contribution in [-0.2, 0) is 35.9 Å². The third-order valence-electron chi connectivity index (χ3n) is 6.60. The first-order valence-electron chi connectivity index (χ1n) is 10.2. The minimum Gasteiger partial charge on any atom is -0.307 e. The van der Waals surface area contributed by atoms with Crippen molar-refractivity contribution in [3.05, 3.63) is 28.3 Å². The fourth-order valence-corrected chi connectivity index (χ4v) is 6.08. The van der Waals surface area contributed by atoms with E-state index in [9.17, 15) is 13.2 Å². The number of hydrogen-bond acceptors (Lipinski definition) is 4. The Labute approximate surface area is 167 Å². The van der Waals surface area contributed by atoms with Crippen molar-refractivity contribution in [1.82, 2.24) is 13.9 Å². The van der Waals surface area contributed by atoms with Gasteiger partial charge in [-0.2, -0.15) is 12.7 Å². The number of nitrogens with zero attached hydrogens (tertiary/aromatic N) is 2. The molecule has 2 aliphatic carbocycles. The molecule has 1 saturated heterocycles. The molecule has 2 amide bonds. The highest BCUT2D eigenvalue weighted by molar-refractivity contribution is 7.87. The minimum atomic E-state index is -3.88. The van der Waals surface area contributed by atoms with Crippen LogP contribution in [0, 0.1) is 0 Å². The summed E-state index contributed by atoms with van der Waals surface area (Å²) in [6, 6.07) is 1.83. The summed E-state index contributed by atoms with van der Waals surface area (Å²) < 4.78 is 29.2. The van der Waals surface area contributed by atoms with Gasteiger partial charge in [0.25, 0.3) is 0 Å². The van der Waals surface area contributed by atoms with Gasteiger partial charge in [-0.05, 0) is 81.7 Å². The number of rotatable bonds is 3. The summed E-state index contributed by atoms with van der Waals surface area (Å²) in [7, 11) is -1.88.